The summed E-state index contributed by atoms with van der Waals surface area (Å²) in [7, 11) is 0. The van der Waals surface area contributed by atoms with Crippen LogP contribution in [0.4, 0.5) is 0 Å². The molecule has 0 aromatic carbocycles. The van der Waals surface area contributed by atoms with Crippen LogP contribution in [0.2, 0.25) is 0 Å². The number of hydrogen-bond acceptors (Lipinski definition) is 1. The summed E-state index contributed by atoms with van der Waals surface area (Å²) in [4.78, 5) is 0. The summed E-state index contributed by atoms with van der Waals surface area (Å²) in [5.74, 6) is 10.9. The van der Waals surface area contributed by atoms with Crippen LogP contribution in [0.1, 0.15) is 19.8 Å². The van der Waals surface area contributed by atoms with Gasteiger partial charge >= 0.3 is 0 Å². The highest BCUT2D eigenvalue weighted by Gasteiger charge is 1.64. The summed E-state index contributed by atoms with van der Waals surface area (Å²) < 4.78 is 0. The van der Waals surface area contributed by atoms with E-state index < -0.39 is 0 Å². The lowest BCUT2D eigenvalue weighted by Gasteiger charge is -1.70. The summed E-state index contributed by atoms with van der Waals surface area (Å²) >= 11 is 0. The fraction of sp³-hybridized carbons (Fsp3) is 0.500. The van der Waals surface area contributed by atoms with Crippen molar-refractivity contribution in [3.8, 4) is 23.7 Å². The van der Waals surface area contributed by atoms with E-state index in [0.717, 1.165) is 6.42 Å². The maximum absolute atomic E-state index is 8.20. The highest BCUT2D eigenvalue weighted by atomic mass is 16.2. The van der Waals surface area contributed by atoms with E-state index >= 15 is 0 Å². The largest absolute Gasteiger partial charge is 0.384 e. The van der Waals surface area contributed by atoms with E-state index in [1.807, 2.05) is 6.92 Å². The van der Waals surface area contributed by atoms with Gasteiger partial charge in [0.1, 0.15) is 6.61 Å². The molecule has 0 bridgehead atoms. The highest BCUT2D eigenvalue weighted by molar-refractivity contribution is 5.11. The van der Waals surface area contributed by atoms with Crippen LogP contribution in [0.5, 0.6) is 0 Å². The van der Waals surface area contributed by atoms with Crippen molar-refractivity contribution >= 4 is 0 Å². The molecule has 0 saturated carbocycles. The van der Waals surface area contributed by atoms with Gasteiger partial charge in [-0.05, 0) is 0 Å². The molecule has 0 aliphatic rings. The molecule has 0 aliphatic carbocycles. The van der Waals surface area contributed by atoms with Crippen molar-refractivity contribution in [2.75, 3.05) is 6.61 Å². The van der Waals surface area contributed by atoms with E-state index in [-0.39, 0.29) is 6.61 Å². The number of aliphatic hydroxyl groups excluding tert-OH is 1. The molecule has 1 nitrogen and oxygen atoms in total. The van der Waals surface area contributed by atoms with E-state index in [9.17, 15) is 0 Å². The maximum Gasteiger partial charge on any atom is 0.104 e. The van der Waals surface area contributed by atoms with Gasteiger partial charge in [-0.3, -0.25) is 0 Å². The third-order valence-electron chi connectivity index (χ3n) is 0.683. The van der Waals surface area contributed by atoms with Crippen LogP contribution in [0.15, 0.2) is 0 Å². The van der Waals surface area contributed by atoms with Gasteiger partial charge in [0, 0.05) is 6.42 Å². The Kier molecular flexibility index (Phi) is 6.36. The van der Waals surface area contributed by atoms with E-state index in [1.165, 1.54) is 0 Å². The minimum absolute atomic E-state index is 0.0617. The first kappa shape index (κ1) is 8.08. The van der Waals surface area contributed by atoms with Crippen molar-refractivity contribution in [2.45, 2.75) is 19.8 Å². The molecule has 0 aromatic rings. The molecule has 1 N–H and O–H groups in total. The lowest BCUT2D eigenvalue weighted by molar-refractivity contribution is 0.350. The Morgan fingerprint density at radius 2 is 1.78 bits per heavy atom. The molecule has 0 unspecified atom stereocenters. The number of rotatable bonds is 0. The number of hydrogen-bond donors (Lipinski definition) is 1. The van der Waals surface area contributed by atoms with Gasteiger partial charge in [-0.1, -0.05) is 24.7 Å². The lowest BCUT2D eigenvalue weighted by Crippen LogP contribution is -1.70. The predicted molar refractivity (Wildman–Crippen MR) is 37.5 cm³/mol. The second kappa shape index (κ2) is 7.08. The van der Waals surface area contributed by atoms with Crippen molar-refractivity contribution in [1.29, 1.82) is 0 Å². The molecule has 0 amide bonds. The summed E-state index contributed by atoms with van der Waals surface area (Å²) in [5.41, 5.74) is 0. The second-order valence-corrected chi connectivity index (χ2v) is 1.40. The SMILES string of the molecule is CCC#CCC#CCO. The Hall–Kier alpha value is -0.920. The third-order valence-corrected chi connectivity index (χ3v) is 0.683. The molecule has 0 spiro atoms. The lowest BCUT2D eigenvalue weighted by atomic mass is 10.4. The molecule has 0 radical (unpaired) electrons. The number of aliphatic hydroxyl groups is 1. The average Bonchev–Trinajstić information content (AvgIpc) is 1.89. The first-order chi connectivity index (χ1) is 4.41. The van der Waals surface area contributed by atoms with E-state index in [2.05, 4.69) is 23.7 Å². The monoisotopic (exact) mass is 122 g/mol. The normalized spacial score (nSPS) is 6.44. The first-order valence-corrected chi connectivity index (χ1v) is 2.94. The van der Waals surface area contributed by atoms with Crippen molar-refractivity contribution in [1.82, 2.24) is 0 Å². The van der Waals surface area contributed by atoms with Crippen LogP contribution in [-0.2, 0) is 0 Å². The molecule has 0 saturated heterocycles. The van der Waals surface area contributed by atoms with Gasteiger partial charge in [-0.15, -0.1) is 5.92 Å². The van der Waals surface area contributed by atoms with Crippen LogP contribution >= 0.6 is 0 Å². The van der Waals surface area contributed by atoms with Gasteiger partial charge < -0.3 is 5.11 Å². The molecule has 0 heterocycles. The molecule has 0 rings (SSSR count). The fourth-order valence-corrected chi connectivity index (χ4v) is 0.350. The van der Waals surface area contributed by atoms with Crippen molar-refractivity contribution in [2.24, 2.45) is 0 Å². The van der Waals surface area contributed by atoms with E-state index in [0.29, 0.717) is 6.42 Å². The Bertz CT molecular complexity index is 140. The molecule has 0 aromatic heterocycles. The van der Waals surface area contributed by atoms with Gasteiger partial charge in [-0.25, -0.2) is 0 Å². The zero-order chi connectivity index (χ0) is 6.95. The van der Waals surface area contributed by atoms with Crippen LogP contribution in [-0.4, -0.2) is 11.7 Å². The predicted octanol–water partition coefficient (Wildman–Crippen LogP) is 0.786. The van der Waals surface area contributed by atoms with Crippen molar-refractivity contribution in [3.63, 3.8) is 0 Å². The summed E-state index contributed by atoms with van der Waals surface area (Å²) in [5, 5.41) is 8.20. The van der Waals surface area contributed by atoms with Gasteiger partial charge in [0.05, 0.1) is 6.42 Å². The Balaban J connectivity index is 3.28. The Labute approximate surface area is 56.1 Å². The molecule has 0 atom stereocenters. The quantitative estimate of drug-likeness (QED) is 0.471. The zero-order valence-electron chi connectivity index (χ0n) is 5.57. The van der Waals surface area contributed by atoms with Crippen LogP contribution in [0.3, 0.4) is 0 Å². The third kappa shape index (κ3) is 7.08. The summed E-state index contributed by atoms with van der Waals surface area (Å²) in [6.07, 6.45) is 1.45. The maximum atomic E-state index is 8.20. The van der Waals surface area contributed by atoms with Gasteiger partial charge in [0.2, 0.25) is 0 Å². The second-order valence-electron chi connectivity index (χ2n) is 1.40. The molecule has 48 valence electrons. The minimum atomic E-state index is -0.0617. The van der Waals surface area contributed by atoms with Gasteiger partial charge in [0.25, 0.3) is 0 Å². The van der Waals surface area contributed by atoms with Gasteiger partial charge in [-0.2, -0.15) is 0 Å². The van der Waals surface area contributed by atoms with Crippen molar-refractivity contribution in [3.05, 3.63) is 0 Å². The van der Waals surface area contributed by atoms with Gasteiger partial charge in [0.15, 0.2) is 0 Å². The topological polar surface area (TPSA) is 20.2 Å². The van der Waals surface area contributed by atoms with Crippen LogP contribution in [0, 0.1) is 23.7 Å². The minimum Gasteiger partial charge on any atom is -0.384 e. The zero-order valence-corrected chi connectivity index (χ0v) is 5.57. The van der Waals surface area contributed by atoms with E-state index in [1.54, 1.807) is 0 Å². The average molecular weight is 122 g/mol. The molecule has 0 aliphatic heterocycles. The van der Waals surface area contributed by atoms with Crippen LogP contribution < -0.4 is 0 Å². The fourth-order valence-electron chi connectivity index (χ4n) is 0.350. The molecule has 9 heavy (non-hydrogen) atoms. The standard InChI is InChI=1S/C8H10O/c1-2-3-4-5-6-7-8-9/h9H,2,5,8H2,1H3. The summed E-state index contributed by atoms with van der Waals surface area (Å²) in [6.45, 7) is 1.93. The molecule has 1 heteroatoms. The molecule has 0 fully saturated rings. The summed E-state index contributed by atoms with van der Waals surface area (Å²) in [6, 6.07) is 0. The van der Waals surface area contributed by atoms with E-state index in [4.69, 9.17) is 5.11 Å². The molecular weight excluding hydrogens is 112 g/mol. The highest BCUT2D eigenvalue weighted by Crippen LogP contribution is 1.72. The Morgan fingerprint density at radius 1 is 1.11 bits per heavy atom. The molecular formula is C8H10O. The Morgan fingerprint density at radius 3 is 2.33 bits per heavy atom. The first-order valence-electron chi connectivity index (χ1n) is 2.94. The van der Waals surface area contributed by atoms with Crippen LogP contribution in [0.25, 0.3) is 0 Å². The smallest absolute Gasteiger partial charge is 0.104 e. The van der Waals surface area contributed by atoms with Crippen molar-refractivity contribution < 1.29 is 5.11 Å².